The number of nitrogens with zero attached hydrogens (tertiary/aromatic N) is 1. The van der Waals surface area contributed by atoms with Gasteiger partial charge in [0.1, 0.15) is 5.82 Å². The number of halogens is 1. The van der Waals surface area contributed by atoms with E-state index in [4.69, 9.17) is 0 Å². The summed E-state index contributed by atoms with van der Waals surface area (Å²) >= 11 is 0. The minimum absolute atomic E-state index is 0.120. The summed E-state index contributed by atoms with van der Waals surface area (Å²) in [6, 6.07) is 14.4. The zero-order valence-electron chi connectivity index (χ0n) is 16.5. The number of rotatable bonds is 5. The fourth-order valence-corrected chi connectivity index (χ4v) is 4.09. The van der Waals surface area contributed by atoms with Gasteiger partial charge < -0.3 is 15.5 Å². The molecular formula is C23H26FN3O2. The minimum Gasteiger partial charge on any atom is -0.343 e. The molecule has 1 heterocycles. The van der Waals surface area contributed by atoms with E-state index in [0.29, 0.717) is 22.9 Å². The van der Waals surface area contributed by atoms with Crippen LogP contribution in [0.1, 0.15) is 48.0 Å². The lowest BCUT2D eigenvalue weighted by atomic mass is 10.0. The Bertz CT molecular complexity index is 894. The highest BCUT2D eigenvalue weighted by molar-refractivity contribution is 6.04. The quantitative estimate of drug-likeness (QED) is 0.814. The van der Waals surface area contributed by atoms with Crippen LogP contribution in [-0.4, -0.2) is 41.9 Å². The first-order valence-corrected chi connectivity index (χ1v) is 10.2. The van der Waals surface area contributed by atoms with Gasteiger partial charge in [-0.15, -0.1) is 0 Å². The van der Waals surface area contributed by atoms with Gasteiger partial charge in [-0.05, 0) is 55.2 Å². The molecule has 29 heavy (non-hydrogen) atoms. The lowest BCUT2D eigenvalue weighted by Crippen LogP contribution is -2.45. The Hall–Kier alpha value is -2.73. The largest absolute Gasteiger partial charge is 0.343 e. The van der Waals surface area contributed by atoms with Crippen molar-refractivity contribution in [3.63, 3.8) is 0 Å². The van der Waals surface area contributed by atoms with Crippen LogP contribution >= 0.6 is 0 Å². The molecule has 0 spiro atoms. The molecule has 5 nitrogen and oxygen atoms in total. The van der Waals surface area contributed by atoms with Crippen molar-refractivity contribution in [3.05, 3.63) is 65.5 Å². The van der Waals surface area contributed by atoms with Crippen LogP contribution in [0.5, 0.6) is 0 Å². The topological polar surface area (TPSA) is 61.4 Å². The number of carbonyl (C=O) groups is 2. The number of nitrogens with one attached hydrogen (secondary N) is 2. The zero-order valence-corrected chi connectivity index (χ0v) is 16.5. The van der Waals surface area contributed by atoms with Crippen molar-refractivity contribution in [2.24, 2.45) is 0 Å². The molecule has 2 N–H and O–H groups in total. The average Bonchev–Trinajstić information content (AvgIpc) is 3.49. The summed E-state index contributed by atoms with van der Waals surface area (Å²) in [6.07, 6.45) is 2.75. The van der Waals surface area contributed by atoms with Gasteiger partial charge in [-0.1, -0.05) is 18.2 Å². The van der Waals surface area contributed by atoms with Crippen molar-refractivity contribution in [1.29, 1.82) is 0 Å². The second kappa shape index (κ2) is 8.33. The number of hydrogen-bond acceptors (Lipinski definition) is 3. The smallest absolute Gasteiger partial charge is 0.255 e. The molecule has 1 aliphatic heterocycles. The van der Waals surface area contributed by atoms with Crippen molar-refractivity contribution in [1.82, 2.24) is 10.2 Å². The Balaban J connectivity index is 1.35. The number of carbonyl (C=O) groups excluding carboxylic acids is 2. The van der Waals surface area contributed by atoms with E-state index >= 15 is 0 Å². The van der Waals surface area contributed by atoms with Gasteiger partial charge in [-0.2, -0.15) is 0 Å². The van der Waals surface area contributed by atoms with Gasteiger partial charge in [0.15, 0.2) is 0 Å². The third-order valence-electron chi connectivity index (χ3n) is 5.87. The van der Waals surface area contributed by atoms with Crippen LogP contribution in [0, 0.1) is 5.82 Å². The second-order valence-electron chi connectivity index (χ2n) is 7.95. The number of benzene rings is 2. The molecular weight excluding hydrogens is 369 g/mol. The van der Waals surface area contributed by atoms with Gasteiger partial charge in [0.25, 0.3) is 5.91 Å². The second-order valence-corrected chi connectivity index (χ2v) is 7.95. The monoisotopic (exact) mass is 395 g/mol. The van der Waals surface area contributed by atoms with Gasteiger partial charge in [-0.25, -0.2) is 4.39 Å². The summed E-state index contributed by atoms with van der Waals surface area (Å²) in [5.41, 5.74) is 1.83. The van der Waals surface area contributed by atoms with Gasteiger partial charge in [0.05, 0.1) is 0 Å². The first kappa shape index (κ1) is 19.6. The Morgan fingerprint density at radius 1 is 1.07 bits per heavy atom. The average molecular weight is 395 g/mol. The van der Waals surface area contributed by atoms with E-state index in [9.17, 15) is 14.0 Å². The standard InChI is InChI=1S/C23H26FN3O2/c1-15(28)27-11-9-17(10-12-27)25-22-14-20(22)19-13-18(7-8-21(19)24)26-23(29)16-5-3-2-4-6-16/h2-8,13,17,20,22,25H,9-12,14H2,1H3,(H,26,29). The molecule has 2 fully saturated rings. The maximum atomic E-state index is 14.4. The van der Waals surface area contributed by atoms with E-state index in [-0.39, 0.29) is 29.6 Å². The van der Waals surface area contributed by atoms with Crippen LogP contribution in [-0.2, 0) is 4.79 Å². The lowest BCUT2D eigenvalue weighted by Gasteiger charge is -2.32. The molecule has 2 atom stereocenters. The Labute approximate surface area is 170 Å². The number of likely N-dealkylation sites (tertiary alicyclic amines) is 1. The summed E-state index contributed by atoms with van der Waals surface area (Å²) in [5, 5.41) is 6.48. The number of piperidine rings is 1. The van der Waals surface area contributed by atoms with Crippen LogP contribution in [0.3, 0.4) is 0 Å². The molecule has 1 saturated carbocycles. The van der Waals surface area contributed by atoms with Crippen LogP contribution in [0.2, 0.25) is 0 Å². The number of anilines is 1. The van der Waals surface area contributed by atoms with Crippen molar-refractivity contribution < 1.29 is 14.0 Å². The normalized spacial score (nSPS) is 21.7. The Kier molecular flexibility index (Phi) is 5.62. The van der Waals surface area contributed by atoms with E-state index in [0.717, 1.165) is 32.4 Å². The highest BCUT2D eigenvalue weighted by Gasteiger charge is 2.41. The molecule has 0 radical (unpaired) electrons. The van der Waals surface area contributed by atoms with Crippen molar-refractivity contribution in [2.75, 3.05) is 18.4 Å². The van der Waals surface area contributed by atoms with E-state index < -0.39 is 0 Å². The maximum Gasteiger partial charge on any atom is 0.255 e. The summed E-state index contributed by atoms with van der Waals surface area (Å²) in [4.78, 5) is 25.7. The van der Waals surface area contributed by atoms with Crippen LogP contribution < -0.4 is 10.6 Å². The molecule has 152 valence electrons. The van der Waals surface area contributed by atoms with Crippen molar-refractivity contribution in [2.45, 2.75) is 44.2 Å². The predicted octanol–water partition coefficient (Wildman–Crippen LogP) is 3.53. The molecule has 2 aliphatic rings. The lowest BCUT2D eigenvalue weighted by molar-refractivity contribution is -0.129. The summed E-state index contributed by atoms with van der Waals surface area (Å²) < 4.78 is 14.4. The molecule has 2 amide bonds. The number of hydrogen-bond donors (Lipinski definition) is 2. The molecule has 6 heteroatoms. The van der Waals surface area contributed by atoms with E-state index in [1.54, 1.807) is 31.2 Å². The summed E-state index contributed by atoms with van der Waals surface area (Å²) in [5.74, 6) is -0.187. The number of amides is 2. The van der Waals surface area contributed by atoms with Crippen LogP contribution in [0.4, 0.5) is 10.1 Å². The highest BCUT2D eigenvalue weighted by Crippen LogP contribution is 2.43. The highest BCUT2D eigenvalue weighted by atomic mass is 19.1. The van der Waals surface area contributed by atoms with E-state index in [1.165, 1.54) is 6.07 Å². The van der Waals surface area contributed by atoms with Gasteiger partial charge in [0, 0.05) is 49.3 Å². The van der Waals surface area contributed by atoms with Crippen LogP contribution in [0.15, 0.2) is 48.5 Å². The van der Waals surface area contributed by atoms with E-state index in [1.807, 2.05) is 23.1 Å². The Morgan fingerprint density at radius 3 is 2.48 bits per heavy atom. The molecule has 2 aromatic rings. The van der Waals surface area contributed by atoms with Gasteiger partial charge in [-0.3, -0.25) is 9.59 Å². The SMILES string of the molecule is CC(=O)N1CCC(NC2CC2c2cc(NC(=O)c3ccccc3)ccc2F)CC1. The molecule has 2 aromatic carbocycles. The summed E-state index contributed by atoms with van der Waals surface area (Å²) in [6.45, 7) is 3.16. The Morgan fingerprint density at radius 2 is 1.79 bits per heavy atom. The molecule has 2 unspecified atom stereocenters. The maximum absolute atomic E-state index is 14.4. The molecule has 0 aromatic heterocycles. The first-order chi connectivity index (χ1) is 14.0. The molecule has 1 saturated heterocycles. The molecule has 4 rings (SSSR count). The van der Waals surface area contributed by atoms with Crippen molar-refractivity contribution >= 4 is 17.5 Å². The fourth-order valence-electron chi connectivity index (χ4n) is 4.09. The van der Waals surface area contributed by atoms with Crippen molar-refractivity contribution in [3.8, 4) is 0 Å². The molecule has 1 aliphatic carbocycles. The third kappa shape index (κ3) is 4.65. The summed E-state index contributed by atoms with van der Waals surface area (Å²) in [7, 11) is 0. The van der Waals surface area contributed by atoms with E-state index in [2.05, 4.69) is 10.6 Å². The molecule has 0 bridgehead atoms. The predicted molar refractivity (Wildman–Crippen MR) is 110 cm³/mol. The fraction of sp³-hybridized carbons (Fsp3) is 0.391. The first-order valence-electron chi connectivity index (χ1n) is 10.2. The van der Waals surface area contributed by atoms with Gasteiger partial charge >= 0.3 is 0 Å². The minimum atomic E-state index is -0.233. The zero-order chi connectivity index (χ0) is 20.4. The third-order valence-corrected chi connectivity index (χ3v) is 5.87. The van der Waals surface area contributed by atoms with Crippen LogP contribution in [0.25, 0.3) is 0 Å². The van der Waals surface area contributed by atoms with Gasteiger partial charge in [0.2, 0.25) is 5.91 Å².